The maximum Gasteiger partial charge on any atom is 0.246 e. The minimum atomic E-state index is 0.0705. The summed E-state index contributed by atoms with van der Waals surface area (Å²) in [4.78, 5) is 15.8. The molecule has 0 heterocycles. The highest BCUT2D eigenvalue weighted by atomic mass is 16.2. The third-order valence-electron chi connectivity index (χ3n) is 3.25. The van der Waals surface area contributed by atoms with Crippen molar-refractivity contribution in [1.29, 1.82) is 0 Å². The van der Waals surface area contributed by atoms with Gasteiger partial charge in [-0.3, -0.25) is 4.79 Å². The van der Waals surface area contributed by atoms with Crippen LogP contribution in [0, 0.1) is 6.92 Å². The number of amides is 1. The molecular weight excluding hydrogens is 236 g/mol. The molecule has 1 aromatic carbocycles. The topological polar surface area (TPSA) is 23.6 Å². The molecule has 0 spiro atoms. The molecule has 1 amide bonds. The largest absolute Gasteiger partial charge is 0.378 e. The van der Waals surface area contributed by atoms with Crippen molar-refractivity contribution in [2.75, 3.05) is 32.1 Å². The third kappa shape index (κ3) is 4.12. The van der Waals surface area contributed by atoms with Crippen LogP contribution in [0.4, 0.5) is 5.69 Å². The van der Waals surface area contributed by atoms with E-state index in [1.54, 1.807) is 11.0 Å². The molecule has 104 valence electrons. The molecule has 0 saturated heterocycles. The van der Waals surface area contributed by atoms with Crippen LogP contribution in [0.15, 0.2) is 24.3 Å². The molecule has 0 saturated carbocycles. The van der Waals surface area contributed by atoms with E-state index in [0.717, 1.165) is 18.7 Å². The summed E-state index contributed by atoms with van der Waals surface area (Å²) < 4.78 is 0. The fourth-order valence-electron chi connectivity index (χ4n) is 1.93. The average molecular weight is 260 g/mol. The summed E-state index contributed by atoms with van der Waals surface area (Å²) in [5.74, 6) is 0.0705. The molecule has 1 rings (SSSR count). The zero-order valence-corrected chi connectivity index (χ0v) is 12.6. The van der Waals surface area contributed by atoms with E-state index in [0.29, 0.717) is 0 Å². The molecule has 0 aliphatic heterocycles. The Balaban J connectivity index is 2.85. The first kappa shape index (κ1) is 15.3. The van der Waals surface area contributed by atoms with E-state index in [9.17, 15) is 4.79 Å². The Morgan fingerprint density at radius 1 is 1.21 bits per heavy atom. The Morgan fingerprint density at radius 3 is 2.32 bits per heavy atom. The van der Waals surface area contributed by atoms with Crippen molar-refractivity contribution in [3.63, 3.8) is 0 Å². The Labute approximate surface area is 116 Å². The number of carbonyl (C=O) groups excluding carboxylic acids is 1. The van der Waals surface area contributed by atoms with Gasteiger partial charge in [-0.15, -0.1) is 0 Å². The normalized spacial score (nSPS) is 10.8. The Morgan fingerprint density at radius 2 is 1.84 bits per heavy atom. The fourth-order valence-corrected chi connectivity index (χ4v) is 1.93. The van der Waals surface area contributed by atoms with Crippen LogP contribution in [0.1, 0.15) is 25.0 Å². The van der Waals surface area contributed by atoms with Crippen molar-refractivity contribution in [3.8, 4) is 0 Å². The predicted octanol–water partition coefficient (Wildman–Crippen LogP) is 2.94. The number of carbonyl (C=O) groups is 1. The van der Waals surface area contributed by atoms with Crippen LogP contribution < -0.4 is 4.90 Å². The van der Waals surface area contributed by atoms with E-state index in [1.165, 1.54) is 11.3 Å². The van der Waals surface area contributed by atoms with Gasteiger partial charge in [-0.2, -0.15) is 0 Å². The van der Waals surface area contributed by atoms with E-state index in [1.807, 2.05) is 34.0 Å². The lowest BCUT2D eigenvalue weighted by atomic mass is 10.1. The number of likely N-dealkylation sites (N-methyl/N-ethyl adjacent to an activating group) is 1. The second-order valence-corrected chi connectivity index (χ2v) is 4.78. The lowest BCUT2D eigenvalue weighted by molar-refractivity contribution is -0.125. The first-order chi connectivity index (χ1) is 8.99. The molecule has 0 fully saturated rings. The van der Waals surface area contributed by atoms with Crippen LogP contribution in [-0.4, -0.2) is 38.0 Å². The highest BCUT2D eigenvalue weighted by Crippen LogP contribution is 2.18. The highest BCUT2D eigenvalue weighted by molar-refractivity contribution is 5.92. The van der Waals surface area contributed by atoms with Gasteiger partial charge in [0.2, 0.25) is 5.91 Å². The van der Waals surface area contributed by atoms with E-state index < -0.39 is 0 Å². The summed E-state index contributed by atoms with van der Waals surface area (Å²) in [5.41, 5.74) is 3.44. The van der Waals surface area contributed by atoms with Crippen molar-refractivity contribution in [2.24, 2.45) is 0 Å². The van der Waals surface area contributed by atoms with Gasteiger partial charge in [0.25, 0.3) is 0 Å². The predicted molar refractivity (Wildman–Crippen MR) is 82.5 cm³/mol. The minimum absolute atomic E-state index is 0.0705. The number of aryl methyl sites for hydroxylation is 1. The second kappa shape index (κ2) is 6.98. The van der Waals surface area contributed by atoms with Gasteiger partial charge >= 0.3 is 0 Å². The molecule has 19 heavy (non-hydrogen) atoms. The van der Waals surface area contributed by atoms with Gasteiger partial charge in [-0.05, 0) is 50.1 Å². The first-order valence-corrected chi connectivity index (χ1v) is 6.74. The Hall–Kier alpha value is -1.77. The fraction of sp³-hybridized carbons (Fsp3) is 0.438. The summed E-state index contributed by atoms with van der Waals surface area (Å²) in [5, 5.41) is 0. The first-order valence-electron chi connectivity index (χ1n) is 6.74. The number of hydrogen-bond acceptors (Lipinski definition) is 2. The quantitative estimate of drug-likeness (QED) is 0.760. The van der Waals surface area contributed by atoms with Crippen LogP contribution in [0.2, 0.25) is 0 Å². The standard InChI is InChI=1S/C16H24N2O/c1-6-18(7-2)16(19)11-9-14-8-10-15(17(4)5)12-13(14)3/h8-12H,6-7H2,1-5H3/b11-9+. The second-order valence-electron chi connectivity index (χ2n) is 4.78. The summed E-state index contributed by atoms with van der Waals surface area (Å²) in [6.07, 6.45) is 3.56. The van der Waals surface area contributed by atoms with Crippen molar-refractivity contribution >= 4 is 17.7 Å². The van der Waals surface area contributed by atoms with Crippen molar-refractivity contribution in [2.45, 2.75) is 20.8 Å². The van der Waals surface area contributed by atoms with E-state index in [-0.39, 0.29) is 5.91 Å². The molecule has 0 aliphatic rings. The maximum absolute atomic E-state index is 11.9. The third-order valence-corrected chi connectivity index (χ3v) is 3.25. The van der Waals surface area contributed by atoms with Crippen molar-refractivity contribution in [1.82, 2.24) is 4.90 Å². The lowest BCUT2D eigenvalue weighted by Gasteiger charge is -2.16. The van der Waals surface area contributed by atoms with Crippen LogP contribution in [-0.2, 0) is 4.79 Å². The number of rotatable bonds is 5. The lowest BCUT2D eigenvalue weighted by Crippen LogP contribution is -2.28. The van der Waals surface area contributed by atoms with Crippen LogP contribution in [0.25, 0.3) is 6.08 Å². The van der Waals surface area contributed by atoms with E-state index >= 15 is 0 Å². The number of nitrogens with zero attached hydrogens (tertiary/aromatic N) is 2. The van der Waals surface area contributed by atoms with Crippen molar-refractivity contribution < 1.29 is 4.79 Å². The molecule has 0 aromatic heterocycles. The molecular formula is C16H24N2O. The van der Waals surface area contributed by atoms with Gasteiger partial charge in [0.15, 0.2) is 0 Å². The Kier molecular flexibility index (Phi) is 5.61. The smallest absolute Gasteiger partial charge is 0.246 e. The zero-order chi connectivity index (χ0) is 14.4. The van der Waals surface area contributed by atoms with Gasteiger partial charge < -0.3 is 9.80 Å². The molecule has 0 aliphatic carbocycles. The van der Waals surface area contributed by atoms with Crippen LogP contribution >= 0.6 is 0 Å². The number of hydrogen-bond donors (Lipinski definition) is 0. The number of benzene rings is 1. The SMILES string of the molecule is CCN(CC)C(=O)/C=C/c1ccc(N(C)C)cc1C. The molecule has 0 N–H and O–H groups in total. The van der Waals surface area contributed by atoms with Crippen LogP contribution in [0.3, 0.4) is 0 Å². The summed E-state index contributed by atoms with van der Waals surface area (Å²) >= 11 is 0. The highest BCUT2D eigenvalue weighted by Gasteiger charge is 2.05. The zero-order valence-electron chi connectivity index (χ0n) is 12.6. The molecule has 0 bridgehead atoms. The van der Waals surface area contributed by atoms with Gasteiger partial charge in [-0.25, -0.2) is 0 Å². The minimum Gasteiger partial charge on any atom is -0.378 e. The summed E-state index contributed by atoms with van der Waals surface area (Å²) in [6, 6.07) is 6.24. The Bertz CT molecular complexity index is 460. The van der Waals surface area contributed by atoms with E-state index in [2.05, 4.69) is 30.0 Å². The molecule has 0 radical (unpaired) electrons. The molecule has 0 atom stereocenters. The van der Waals surface area contributed by atoms with Gasteiger partial charge in [-0.1, -0.05) is 6.07 Å². The van der Waals surface area contributed by atoms with Gasteiger partial charge in [0, 0.05) is 38.9 Å². The van der Waals surface area contributed by atoms with Gasteiger partial charge in [0.05, 0.1) is 0 Å². The molecule has 1 aromatic rings. The van der Waals surface area contributed by atoms with Crippen molar-refractivity contribution in [3.05, 3.63) is 35.4 Å². The van der Waals surface area contributed by atoms with Gasteiger partial charge in [0.1, 0.15) is 0 Å². The van der Waals surface area contributed by atoms with E-state index in [4.69, 9.17) is 0 Å². The summed E-state index contributed by atoms with van der Waals surface area (Å²) in [7, 11) is 4.04. The average Bonchev–Trinajstić information content (AvgIpc) is 2.38. The maximum atomic E-state index is 11.9. The monoisotopic (exact) mass is 260 g/mol. The summed E-state index contributed by atoms with van der Waals surface area (Å²) in [6.45, 7) is 7.55. The molecule has 3 nitrogen and oxygen atoms in total. The molecule has 3 heteroatoms. The van der Waals surface area contributed by atoms with Crippen LogP contribution in [0.5, 0.6) is 0 Å². The molecule has 0 unspecified atom stereocenters. The number of anilines is 1.